The Morgan fingerprint density at radius 2 is 1.85 bits per heavy atom. The van der Waals surface area contributed by atoms with E-state index in [2.05, 4.69) is 5.16 Å². The third-order valence-corrected chi connectivity index (χ3v) is 7.47. The van der Waals surface area contributed by atoms with Crippen LogP contribution in [0, 0.1) is 0 Å². The standard InChI is InChI=1S/C24H26N2O6S/c1-30-22-9-8-17(12-23(22)31-2)15-26(19-10-11-33(28,29)16-19)24(27)14-20-13-21(25-32-20)18-6-4-3-5-7-18/h3-9,12-13,19H,10-11,14-16H2,1-2H3. The van der Waals surface area contributed by atoms with Crippen molar-refractivity contribution in [3.8, 4) is 22.8 Å². The lowest BCUT2D eigenvalue weighted by Crippen LogP contribution is -2.41. The molecule has 1 aromatic heterocycles. The van der Waals surface area contributed by atoms with Gasteiger partial charge in [-0.15, -0.1) is 0 Å². The van der Waals surface area contributed by atoms with E-state index in [-0.39, 0.29) is 30.4 Å². The summed E-state index contributed by atoms with van der Waals surface area (Å²) in [6.07, 6.45) is 0.400. The van der Waals surface area contributed by atoms with Crippen LogP contribution in [0.15, 0.2) is 59.1 Å². The molecule has 0 spiro atoms. The average molecular weight is 471 g/mol. The summed E-state index contributed by atoms with van der Waals surface area (Å²) in [5, 5.41) is 4.07. The highest BCUT2D eigenvalue weighted by atomic mass is 32.2. The molecule has 1 amide bonds. The highest BCUT2D eigenvalue weighted by Crippen LogP contribution is 2.29. The lowest BCUT2D eigenvalue weighted by Gasteiger charge is -2.28. The molecule has 1 fully saturated rings. The lowest BCUT2D eigenvalue weighted by atomic mass is 10.1. The topological polar surface area (TPSA) is 98.9 Å². The van der Waals surface area contributed by atoms with Crippen LogP contribution in [0.25, 0.3) is 11.3 Å². The van der Waals surface area contributed by atoms with Crippen molar-refractivity contribution in [1.29, 1.82) is 0 Å². The van der Waals surface area contributed by atoms with Gasteiger partial charge in [0.2, 0.25) is 5.91 Å². The maximum atomic E-state index is 13.3. The van der Waals surface area contributed by atoms with Gasteiger partial charge < -0.3 is 18.9 Å². The van der Waals surface area contributed by atoms with E-state index in [1.165, 1.54) is 0 Å². The van der Waals surface area contributed by atoms with E-state index in [1.54, 1.807) is 37.3 Å². The molecule has 2 aromatic carbocycles. The van der Waals surface area contributed by atoms with Crippen LogP contribution in [0.2, 0.25) is 0 Å². The summed E-state index contributed by atoms with van der Waals surface area (Å²) >= 11 is 0. The van der Waals surface area contributed by atoms with Crippen LogP contribution in [-0.4, -0.2) is 56.1 Å². The number of nitrogens with zero attached hydrogens (tertiary/aromatic N) is 2. The molecule has 1 unspecified atom stereocenters. The molecule has 33 heavy (non-hydrogen) atoms. The Bertz CT molecular complexity index is 1220. The summed E-state index contributed by atoms with van der Waals surface area (Å²) in [5.41, 5.74) is 2.35. The van der Waals surface area contributed by atoms with Gasteiger partial charge in [-0.25, -0.2) is 8.42 Å². The monoisotopic (exact) mass is 470 g/mol. The number of methoxy groups -OCH3 is 2. The van der Waals surface area contributed by atoms with Gasteiger partial charge in [-0.2, -0.15) is 0 Å². The van der Waals surface area contributed by atoms with Gasteiger partial charge in [-0.1, -0.05) is 41.6 Å². The minimum atomic E-state index is -3.17. The predicted octanol–water partition coefficient (Wildman–Crippen LogP) is 3.12. The molecule has 1 aliphatic heterocycles. The van der Waals surface area contributed by atoms with Gasteiger partial charge in [0.25, 0.3) is 0 Å². The Morgan fingerprint density at radius 3 is 2.52 bits per heavy atom. The maximum Gasteiger partial charge on any atom is 0.230 e. The fourth-order valence-corrected chi connectivity index (χ4v) is 5.74. The van der Waals surface area contributed by atoms with Crippen LogP contribution in [0.4, 0.5) is 0 Å². The van der Waals surface area contributed by atoms with E-state index in [0.717, 1.165) is 11.1 Å². The SMILES string of the molecule is COc1ccc(CN(C(=O)Cc2cc(-c3ccccc3)no2)C2CCS(=O)(=O)C2)cc1OC. The summed E-state index contributed by atoms with van der Waals surface area (Å²) in [5.74, 6) is 1.37. The van der Waals surface area contributed by atoms with Crippen molar-refractivity contribution >= 4 is 15.7 Å². The fraction of sp³-hybridized carbons (Fsp3) is 0.333. The zero-order chi connectivity index (χ0) is 23.4. The van der Waals surface area contributed by atoms with Crippen molar-refractivity contribution < 1.29 is 27.2 Å². The van der Waals surface area contributed by atoms with Crippen LogP contribution in [0.5, 0.6) is 11.5 Å². The van der Waals surface area contributed by atoms with Crippen LogP contribution in [0.3, 0.4) is 0 Å². The van der Waals surface area contributed by atoms with Crippen molar-refractivity contribution in [2.24, 2.45) is 0 Å². The summed E-state index contributed by atoms with van der Waals surface area (Å²) in [6, 6.07) is 16.3. The van der Waals surface area contributed by atoms with E-state index in [0.29, 0.717) is 29.4 Å². The van der Waals surface area contributed by atoms with Crippen molar-refractivity contribution in [2.75, 3.05) is 25.7 Å². The number of amides is 1. The molecular weight excluding hydrogens is 444 g/mol. The molecule has 0 N–H and O–H groups in total. The van der Waals surface area contributed by atoms with Crippen LogP contribution in [0.1, 0.15) is 17.7 Å². The second-order valence-corrected chi connectivity index (χ2v) is 10.2. The molecular formula is C24H26N2O6S. The molecule has 0 bridgehead atoms. The highest BCUT2D eigenvalue weighted by Gasteiger charge is 2.35. The molecule has 8 nitrogen and oxygen atoms in total. The zero-order valence-corrected chi connectivity index (χ0v) is 19.4. The lowest BCUT2D eigenvalue weighted by molar-refractivity contribution is -0.133. The Kier molecular flexibility index (Phi) is 6.69. The van der Waals surface area contributed by atoms with E-state index in [9.17, 15) is 13.2 Å². The third kappa shape index (κ3) is 5.36. The minimum absolute atomic E-state index is 0.0102. The Morgan fingerprint density at radius 1 is 1.09 bits per heavy atom. The molecule has 0 aliphatic carbocycles. The third-order valence-electron chi connectivity index (χ3n) is 5.72. The summed E-state index contributed by atoms with van der Waals surface area (Å²) in [6.45, 7) is 0.249. The molecule has 1 saturated heterocycles. The number of hydrogen-bond donors (Lipinski definition) is 0. The van der Waals surface area contributed by atoms with Crippen LogP contribution >= 0.6 is 0 Å². The first kappa shape index (κ1) is 22.8. The van der Waals surface area contributed by atoms with Crippen LogP contribution < -0.4 is 9.47 Å². The number of hydrogen-bond acceptors (Lipinski definition) is 7. The molecule has 3 aromatic rings. The van der Waals surface area contributed by atoms with Gasteiger partial charge in [0.1, 0.15) is 11.5 Å². The molecule has 1 atom stereocenters. The molecule has 4 rings (SSSR count). The number of benzene rings is 2. The maximum absolute atomic E-state index is 13.3. The summed E-state index contributed by atoms with van der Waals surface area (Å²) < 4.78 is 40.3. The number of aromatic nitrogens is 1. The number of ether oxygens (including phenoxy) is 2. The Balaban J connectivity index is 1.56. The minimum Gasteiger partial charge on any atom is -0.493 e. The molecule has 174 valence electrons. The van der Waals surface area contributed by atoms with Gasteiger partial charge in [0, 0.05) is 24.2 Å². The Hall–Kier alpha value is -3.33. The Labute approximate surface area is 193 Å². The number of rotatable bonds is 8. The van der Waals surface area contributed by atoms with E-state index < -0.39 is 15.9 Å². The van der Waals surface area contributed by atoms with Gasteiger partial charge in [0.15, 0.2) is 21.3 Å². The number of carbonyl (C=O) groups excluding carboxylic acids is 1. The average Bonchev–Trinajstić information content (AvgIpc) is 3.43. The quantitative estimate of drug-likeness (QED) is 0.499. The number of carbonyl (C=O) groups is 1. The zero-order valence-electron chi connectivity index (χ0n) is 18.6. The van der Waals surface area contributed by atoms with E-state index >= 15 is 0 Å². The molecule has 0 radical (unpaired) electrons. The second-order valence-electron chi connectivity index (χ2n) is 7.99. The molecule has 2 heterocycles. The smallest absolute Gasteiger partial charge is 0.230 e. The van der Waals surface area contributed by atoms with E-state index in [4.69, 9.17) is 14.0 Å². The van der Waals surface area contributed by atoms with Crippen molar-refractivity contribution in [2.45, 2.75) is 25.4 Å². The van der Waals surface area contributed by atoms with Gasteiger partial charge >= 0.3 is 0 Å². The fourth-order valence-electron chi connectivity index (χ4n) is 4.01. The van der Waals surface area contributed by atoms with Gasteiger partial charge in [-0.3, -0.25) is 4.79 Å². The van der Waals surface area contributed by atoms with Gasteiger partial charge in [-0.05, 0) is 24.1 Å². The first-order chi connectivity index (χ1) is 15.9. The summed E-state index contributed by atoms with van der Waals surface area (Å²) in [4.78, 5) is 14.9. The largest absolute Gasteiger partial charge is 0.493 e. The number of sulfone groups is 1. The van der Waals surface area contributed by atoms with Crippen molar-refractivity contribution in [3.63, 3.8) is 0 Å². The normalized spacial score (nSPS) is 17.0. The molecule has 1 aliphatic rings. The predicted molar refractivity (Wildman–Crippen MR) is 123 cm³/mol. The molecule has 9 heteroatoms. The van der Waals surface area contributed by atoms with Gasteiger partial charge in [0.05, 0.1) is 32.1 Å². The van der Waals surface area contributed by atoms with Crippen molar-refractivity contribution in [3.05, 3.63) is 65.9 Å². The van der Waals surface area contributed by atoms with E-state index in [1.807, 2.05) is 36.4 Å². The first-order valence-electron chi connectivity index (χ1n) is 10.6. The first-order valence-corrected chi connectivity index (χ1v) is 12.4. The highest BCUT2D eigenvalue weighted by molar-refractivity contribution is 7.91. The molecule has 0 saturated carbocycles. The van der Waals surface area contributed by atoms with Crippen LogP contribution in [-0.2, 0) is 27.6 Å². The summed E-state index contributed by atoms with van der Waals surface area (Å²) in [7, 11) is -0.0715. The second kappa shape index (κ2) is 9.66. The van der Waals surface area contributed by atoms with Crippen molar-refractivity contribution in [1.82, 2.24) is 10.1 Å².